The zero-order valence-electron chi connectivity index (χ0n) is 23.6. The molecule has 0 spiro atoms. The fraction of sp³-hybridized carbons (Fsp3) is 0.290. The molecule has 1 amide bonds. The predicted octanol–water partition coefficient (Wildman–Crippen LogP) is 5.93. The van der Waals surface area contributed by atoms with Crippen LogP contribution >= 0.6 is 0 Å². The molecule has 13 heteroatoms. The van der Waals surface area contributed by atoms with E-state index in [2.05, 4.69) is 27.5 Å². The summed E-state index contributed by atoms with van der Waals surface area (Å²) in [7, 11) is 0. The SMILES string of the molecule is C=CC[C@]1(C(=O)NNCc2ccccc2C(F)(F)F)N=C(c2ccc(OCCCO)cc2)O[C@H]1c1ccccc1CN=[N+]=[N-]. The highest BCUT2D eigenvalue weighted by Gasteiger charge is 2.53. The van der Waals surface area contributed by atoms with Crippen molar-refractivity contribution in [1.29, 1.82) is 0 Å². The highest BCUT2D eigenvalue weighted by molar-refractivity contribution is 6.01. The Kier molecular flexibility index (Phi) is 10.6. The first-order chi connectivity index (χ1) is 21.2. The topological polar surface area (TPSA) is 141 Å². The number of hydrogen-bond donors (Lipinski definition) is 3. The number of carbonyl (C=O) groups excluding carboxylic acids is 1. The van der Waals surface area contributed by atoms with E-state index in [1.165, 1.54) is 24.3 Å². The van der Waals surface area contributed by atoms with E-state index in [0.717, 1.165) is 6.07 Å². The molecule has 3 aromatic rings. The summed E-state index contributed by atoms with van der Waals surface area (Å²) >= 11 is 0. The normalized spacial score (nSPS) is 17.6. The van der Waals surface area contributed by atoms with Crippen molar-refractivity contribution in [1.82, 2.24) is 10.9 Å². The van der Waals surface area contributed by atoms with Gasteiger partial charge in [0.1, 0.15) is 5.75 Å². The van der Waals surface area contributed by atoms with Gasteiger partial charge in [0, 0.05) is 36.5 Å². The van der Waals surface area contributed by atoms with Crippen molar-refractivity contribution in [2.45, 2.75) is 43.8 Å². The van der Waals surface area contributed by atoms with Crippen LogP contribution in [0, 0.1) is 0 Å². The first-order valence-electron chi connectivity index (χ1n) is 13.7. The molecule has 0 unspecified atom stereocenters. The van der Waals surface area contributed by atoms with Gasteiger partial charge in [-0.05, 0) is 52.6 Å². The van der Waals surface area contributed by atoms with E-state index in [4.69, 9.17) is 25.1 Å². The maximum absolute atomic E-state index is 14.0. The van der Waals surface area contributed by atoms with E-state index >= 15 is 0 Å². The summed E-state index contributed by atoms with van der Waals surface area (Å²) < 4.78 is 52.5. The summed E-state index contributed by atoms with van der Waals surface area (Å²) in [5.74, 6) is 0.0508. The Morgan fingerprint density at radius 2 is 1.84 bits per heavy atom. The van der Waals surface area contributed by atoms with Gasteiger partial charge in [0.15, 0.2) is 11.6 Å². The third kappa shape index (κ3) is 7.38. The Morgan fingerprint density at radius 3 is 2.52 bits per heavy atom. The van der Waals surface area contributed by atoms with Crippen molar-refractivity contribution in [3.05, 3.63) is 124 Å². The molecular weight excluding hydrogens is 577 g/mol. The van der Waals surface area contributed by atoms with E-state index in [9.17, 15) is 18.0 Å². The molecule has 10 nitrogen and oxygen atoms in total. The number of hydrazine groups is 1. The molecule has 0 aliphatic carbocycles. The summed E-state index contributed by atoms with van der Waals surface area (Å²) in [6.45, 7) is 3.83. The maximum Gasteiger partial charge on any atom is 0.416 e. The molecule has 0 radical (unpaired) electrons. The summed E-state index contributed by atoms with van der Waals surface area (Å²) in [4.78, 5) is 21.6. The quantitative estimate of drug-likeness (QED) is 0.0520. The lowest BCUT2D eigenvalue weighted by molar-refractivity contribution is -0.138. The average Bonchev–Trinajstić information content (AvgIpc) is 3.41. The standard InChI is InChI=1S/C31H31F3N6O4/c1-2-16-30(29(42)39-36-20-23-9-4-6-11-26(23)31(32,33)34)27(25-10-5-3-8-22(25)19-37-40-35)44-28(38-30)21-12-14-24(15-13-21)43-18-7-17-41/h2-6,8-15,27,36,41H,1,7,16-20H2,(H,39,42)/t27-,30-/m0/s1. The van der Waals surface area contributed by atoms with Crippen LogP contribution < -0.4 is 15.6 Å². The summed E-state index contributed by atoms with van der Waals surface area (Å²) in [5, 5.41) is 12.7. The van der Waals surface area contributed by atoms with Crippen LogP contribution in [0.3, 0.4) is 0 Å². The van der Waals surface area contributed by atoms with Gasteiger partial charge in [0.2, 0.25) is 5.90 Å². The molecule has 1 aliphatic heterocycles. The van der Waals surface area contributed by atoms with Crippen LogP contribution in [-0.4, -0.2) is 35.7 Å². The van der Waals surface area contributed by atoms with Gasteiger partial charge in [0.25, 0.3) is 5.91 Å². The van der Waals surface area contributed by atoms with E-state index in [1.54, 1.807) is 48.5 Å². The van der Waals surface area contributed by atoms with Crippen LogP contribution in [0.2, 0.25) is 0 Å². The maximum atomic E-state index is 14.0. The van der Waals surface area contributed by atoms with Gasteiger partial charge in [-0.25, -0.2) is 10.4 Å². The van der Waals surface area contributed by atoms with Crippen LogP contribution in [0.4, 0.5) is 13.2 Å². The number of halogens is 3. The molecule has 2 atom stereocenters. The lowest BCUT2D eigenvalue weighted by Crippen LogP contribution is -2.52. The number of aliphatic hydroxyl groups excluding tert-OH is 1. The molecule has 44 heavy (non-hydrogen) atoms. The highest BCUT2D eigenvalue weighted by atomic mass is 19.4. The van der Waals surface area contributed by atoms with Crippen molar-refractivity contribution in [2.24, 2.45) is 10.1 Å². The first-order valence-corrected chi connectivity index (χ1v) is 13.7. The fourth-order valence-corrected chi connectivity index (χ4v) is 4.83. The second kappa shape index (κ2) is 14.6. The van der Waals surface area contributed by atoms with Gasteiger partial charge in [-0.3, -0.25) is 10.2 Å². The van der Waals surface area contributed by atoms with Gasteiger partial charge >= 0.3 is 6.18 Å². The number of ether oxygens (including phenoxy) is 2. The van der Waals surface area contributed by atoms with Gasteiger partial charge in [-0.15, -0.1) is 6.58 Å². The van der Waals surface area contributed by atoms with Crippen LogP contribution in [0.15, 0.2) is 95.6 Å². The number of amides is 1. The number of hydrogen-bond acceptors (Lipinski definition) is 7. The number of aliphatic imine (C=N–C) groups is 1. The van der Waals surface area contributed by atoms with Gasteiger partial charge < -0.3 is 14.6 Å². The largest absolute Gasteiger partial charge is 0.494 e. The molecule has 0 fully saturated rings. The minimum atomic E-state index is -4.56. The lowest BCUT2D eigenvalue weighted by Gasteiger charge is -2.30. The van der Waals surface area contributed by atoms with Crippen molar-refractivity contribution in [3.63, 3.8) is 0 Å². The second-order valence-electron chi connectivity index (χ2n) is 9.83. The summed E-state index contributed by atoms with van der Waals surface area (Å²) in [6.07, 6.45) is -3.58. The predicted molar refractivity (Wildman–Crippen MR) is 157 cm³/mol. The molecule has 0 bridgehead atoms. The number of benzene rings is 3. The Labute approximate surface area is 251 Å². The molecular formula is C31H31F3N6O4. The molecule has 1 aliphatic rings. The zero-order valence-corrected chi connectivity index (χ0v) is 23.6. The lowest BCUT2D eigenvalue weighted by atomic mass is 9.83. The van der Waals surface area contributed by atoms with Crippen molar-refractivity contribution >= 4 is 11.8 Å². The number of nitrogens with one attached hydrogen (secondary N) is 2. The summed E-state index contributed by atoms with van der Waals surface area (Å²) in [6, 6.07) is 18.9. The Bertz CT molecular complexity index is 1540. The first kappa shape index (κ1) is 32.1. The molecule has 0 aromatic heterocycles. The van der Waals surface area contributed by atoms with Gasteiger partial charge in [-0.2, -0.15) is 13.2 Å². The Morgan fingerprint density at radius 1 is 1.14 bits per heavy atom. The van der Waals surface area contributed by atoms with Crippen LogP contribution in [0.5, 0.6) is 5.75 Å². The Balaban J connectivity index is 1.68. The fourth-order valence-electron chi connectivity index (χ4n) is 4.83. The van der Waals surface area contributed by atoms with Crippen molar-refractivity contribution < 1.29 is 32.5 Å². The van der Waals surface area contributed by atoms with E-state index < -0.39 is 29.3 Å². The van der Waals surface area contributed by atoms with E-state index in [-0.39, 0.29) is 37.6 Å². The number of aliphatic hydroxyl groups is 1. The van der Waals surface area contributed by atoms with Crippen LogP contribution in [0.1, 0.15) is 46.8 Å². The average molecular weight is 609 g/mol. The molecule has 0 saturated heterocycles. The van der Waals surface area contributed by atoms with Crippen LogP contribution in [0.25, 0.3) is 10.4 Å². The van der Waals surface area contributed by atoms with Gasteiger partial charge in [-0.1, -0.05) is 53.7 Å². The second-order valence-corrected chi connectivity index (χ2v) is 9.83. The molecule has 4 rings (SSSR count). The monoisotopic (exact) mass is 608 g/mol. The summed E-state index contributed by atoms with van der Waals surface area (Å²) in [5.41, 5.74) is 13.3. The Hall–Kier alpha value is -4.84. The minimum absolute atomic E-state index is 0.00240. The minimum Gasteiger partial charge on any atom is -0.494 e. The zero-order chi connectivity index (χ0) is 31.6. The van der Waals surface area contributed by atoms with E-state index in [0.29, 0.717) is 35.5 Å². The highest BCUT2D eigenvalue weighted by Crippen LogP contribution is 2.44. The molecule has 1 heterocycles. The van der Waals surface area contributed by atoms with Crippen LogP contribution in [-0.2, 0) is 28.8 Å². The number of rotatable bonds is 14. The molecule has 0 saturated carbocycles. The number of carbonyl (C=O) groups is 1. The van der Waals surface area contributed by atoms with Crippen molar-refractivity contribution in [3.8, 4) is 5.75 Å². The molecule has 230 valence electrons. The smallest absolute Gasteiger partial charge is 0.416 e. The van der Waals surface area contributed by atoms with Gasteiger partial charge in [0.05, 0.1) is 18.7 Å². The number of nitrogens with zero attached hydrogens (tertiary/aromatic N) is 4. The van der Waals surface area contributed by atoms with E-state index in [1.807, 2.05) is 0 Å². The molecule has 3 N–H and O–H groups in total. The molecule has 3 aromatic carbocycles. The third-order valence-corrected chi connectivity index (χ3v) is 6.93. The third-order valence-electron chi connectivity index (χ3n) is 6.93. The van der Waals surface area contributed by atoms with Crippen molar-refractivity contribution in [2.75, 3.05) is 13.2 Å². The number of azide groups is 1. The number of alkyl halides is 3.